The van der Waals surface area contributed by atoms with Crippen molar-refractivity contribution in [2.24, 2.45) is 0 Å². The van der Waals surface area contributed by atoms with E-state index in [0.29, 0.717) is 31.2 Å². The van der Waals surface area contributed by atoms with Crippen LogP contribution in [0.3, 0.4) is 0 Å². The smallest absolute Gasteiger partial charge is 0.317 e. The van der Waals surface area contributed by atoms with Crippen molar-refractivity contribution in [2.45, 2.75) is 50.7 Å². The third-order valence-electron chi connectivity index (χ3n) is 5.50. The topological polar surface area (TPSA) is 70.2 Å². The zero-order valence-corrected chi connectivity index (χ0v) is 15.7. The fourth-order valence-corrected chi connectivity index (χ4v) is 4.09. The molecular weight excluding hydrogens is 347 g/mol. The molecule has 0 saturated carbocycles. The Morgan fingerprint density at radius 2 is 2.15 bits per heavy atom. The average molecular weight is 372 g/mol. The van der Waals surface area contributed by atoms with Crippen molar-refractivity contribution >= 4 is 6.03 Å². The number of aromatic nitrogens is 2. The van der Waals surface area contributed by atoms with Gasteiger partial charge in [0.15, 0.2) is 0 Å². The summed E-state index contributed by atoms with van der Waals surface area (Å²) >= 11 is 0. The molecule has 2 aliphatic rings. The van der Waals surface area contributed by atoms with E-state index in [-0.39, 0.29) is 17.9 Å². The molecule has 1 saturated heterocycles. The summed E-state index contributed by atoms with van der Waals surface area (Å²) in [6.07, 6.45) is 6.28. The zero-order valence-electron chi connectivity index (χ0n) is 15.7. The summed E-state index contributed by atoms with van der Waals surface area (Å²) in [7, 11) is 0. The van der Waals surface area contributed by atoms with Gasteiger partial charge in [0.2, 0.25) is 0 Å². The van der Waals surface area contributed by atoms with Crippen LogP contribution in [0.15, 0.2) is 30.6 Å². The second-order valence-corrected chi connectivity index (χ2v) is 8.04. The maximum Gasteiger partial charge on any atom is 0.317 e. The number of ether oxygens (including phenoxy) is 1. The number of urea groups is 1. The Kier molecular flexibility index (Phi) is 4.53. The summed E-state index contributed by atoms with van der Waals surface area (Å²) in [5.41, 5.74) is 1.57. The van der Waals surface area contributed by atoms with Crippen molar-refractivity contribution in [2.75, 3.05) is 13.1 Å². The molecule has 1 aromatic carbocycles. The van der Waals surface area contributed by atoms with Crippen LogP contribution in [-0.4, -0.2) is 39.8 Å². The molecule has 0 spiro atoms. The van der Waals surface area contributed by atoms with Crippen LogP contribution in [0.5, 0.6) is 5.75 Å². The zero-order chi connectivity index (χ0) is 19.0. The van der Waals surface area contributed by atoms with Gasteiger partial charge in [-0.2, -0.15) is 5.10 Å². The van der Waals surface area contributed by atoms with Crippen LogP contribution in [-0.2, 0) is 0 Å². The second-order valence-electron chi connectivity index (χ2n) is 8.04. The summed E-state index contributed by atoms with van der Waals surface area (Å²) < 4.78 is 19.5. The summed E-state index contributed by atoms with van der Waals surface area (Å²) in [5.74, 6) is 0.617. The summed E-state index contributed by atoms with van der Waals surface area (Å²) in [4.78, 5) is 14.7. The third-order valence-corrected chi connectivity index (χ3v) is 5.50. The predicted molar refractivity (Wildman–Crippen MR) is 99.1 cm³/mol. The van der Waals surface area contributed by atoms with Crippen LogP contribution >= 0.6 is 0 Å². The fraction of sp³-hybridized carbons (Fsp3) is 0.500. The van der Waals surface area contributed by atoms with Crippen molar-refractivity contribution in [3.8, 4) is 5.75 Å². The van der Waals surface area contributed by atoms with Crippen molar-refractivity contribution in [3.63, 3.8) is 0 Å². The van der Waals surface area contributed by atoms with Gasteiger partial charge in [-0.3, -0.25) is 5.10 Å². The van der Waals surface area contributed by atoms with E-state index >= 15 is 0 Å². The molecule has 0 radical (unpaired) electrons. The standard InChI is InChI=1S/C20H25FN4O2/c1-20(2)10-17(16-4-3-15(21)9-18(16)27-20)24-19(26)25-7-5-13(6-8-25)14-11-22-23-12-14/h3-4,9,11-13,17H,5-8,10H2,1-2H3,(H,22,23)(H,24,26). The minimum atomic E-state index is -0.465. The lowest BCUT2D eigenvalue weighted by Crippen LogP contribution is -2.48. The van der Waals surface area contributed by atoms with E-state index < -0.39 is 5.60 Å². The van der Waals surface area contributed by atoms with Gasteiger partial charge in [-0.05, 0) is 44.2 Å². The Labute approximate surface area is 158 Å². The minimum Gasteiger partial charge on any atom is -0.487 e. The molecule has 2 aromatic rings. The normalized spacial score (nSPS) is 22.0. The van der Waals surface area contributed by atoms with Gasteiger partial charge in [-0.25, -0.2) is 9.18 Å². The number of amides is 2. The molecule has 1 atom stereocenters. The highest BCUT2D eigenvalue weighted by Crippen LogP contribution is 2.40. The van der Waals surface area contributed by atoms with Gasteiger partial charge in [-0.15, -0.1) is 0 Å². The number of rotatable bonds is 2. The number of hydrogen-bond donors (Lipinski definition) is 2. The molecule has 2 N–H and O–H groups in total. The van der Waals surface area contributed by atoms with E-state index in [9.17, 15) is 9.18 Å². The number of carbonyl (C=O) groups is 1. The van der Waals surface area contributed by atoms with Crippen molar-refractivity contribution < 1.29 is 13.9 Å². The molecule has 7 heteroatoms. The summed E-state index contributed by atoms with van der Waals surface area (Å²) in [6.45, 7) is 5.34. The van der Waals surface area contributed by atoms with Gasteiger partial charge in [0.1, 0.15) is 17.2 Å². The first kappa shape index (κ1) is 17.8. The van der Waals surface area contributed by atoms with Crippen LogP contribution in [0.25, 0.3) is 0 Å². The number of carbonyl (C=O) groups excluding carboxylic acids is 1. The first-order valence-corrected chi connectivity index (χ1v) is 9.44. The molecule has 3 heterocycles. The number of likely N-dealkylation sites (tertiary alicyclic amines) is 1. The molecule has 4 rings (SSSR count). The number of halogens is 1. The lowest BCUT2D eigenvalue weighted by molar-refractivity contribution is 0.0657. The number of piperidine rings is 1. The molecule has 2 amide bonds. The molecule has 27 heavy (non-hydrogen) atoms. The summed E-state index contributed by atoms with van der Waals surface area (Å²) in [5, 5.41) is 10.0. The number of nitrogens with one attached hydrogen (secondary N) is 2. The monoisotopic (exact) mass is 372 g/mol. The Bertz CT molecular complexity index is 813. The van der Waals surface area contributed by atoms with E-state index in [2.05, 4.69) is 15.5 Å². The molecule has 0 bridgehead atoms. The number of H-pyrrole nitrogens is 1. The third kappa shape index (κ3) is 3.77. The minimum absolute atomic E-state index is 0.0707. The molecule has 2 aliphatic heterocycles. The first-order chi connectivity index (χ1) is 12.9. The van der Waals surface area contributed by atoms with Gasteiger partial charge in [-0.1, -0.05) is 6.07 Å². The number of benzene rings is 1. The van der Waals surface area contributed by atoms with E-state index in [1.54, 1.807) is 6.07 Å². The molecule has 6 nitrogen and oxygen atoms in total. The molecule has 1 fully saturated rings. The summed E-state index contributed by atoms with van der Waals surface area (Å²) in [6, 6.07) is 4.25. The SMILES string of the molecule is CC1(C)CC(NC(=O)N2CCC(c3cn[nH]c3)CC2)c2ccc(F)cc2O1. The Balaban J connectivity index is 1.42. The number of fused-ring (bicyclic) bond motifs is 1. The highest BCUT2D eigenvalue weighted by molar-refractivity contribution is 5.75. The van der Waals surface area contributed by atoms with Crippen LogP contribution in [0, 0.1) is 5.82 Å². The molecule has 144 valence electrons. The van der Waals surface area contributed by atoms with Crippen LogP contribution in [0.2, 0.25) is 0 Å². The quantitative estimate of drug-likeness (QED) is 0.844. The second kappa shape index (κ2) is 6.87. The van der Waals surface area contributed by atoms with E-state index in [4.69, 9.17) is 4.74 Å². The van der Waals surface area contributed by atoms with Gasteiger partial charge >= 0.3 is 6.03 Å². The van der Waals surface area contributed by atoms with Crippen molar-refractivity contribution in [1.29, 1.82) is 0 Å². The van der Waals surface area contributed by atoms with Crippen molar-refractivity contribution in [1.82, 2.24) is 20.4 Å². The van der Waals surface area contributed by atoms with E-state index in [0.717, 1.165) is 18.4 Å². The van der Waals surface area contributed by atoms with Gasteiger partial charge < -0.3 is 15.0 Å². The van der Waals surface area contributed by atoms with E-state index in [1.165, 1.54) is 17.7 Å². The van der Waals surface area contributed by atoms with Crippen LogP contribution in [0.1, 0.15) is 56.2 Å². The number of aromatic amines is 1. The predicted octanol–water partition coefficient (Wildman–Crippen LogP) is 3.74. The Hall–Kier alpha value is -2.57. The maximum atomic E-state index is 13.6. The lowest BCUT2D eigenvalue weighted by atomic mass is 9.89. The molecule has 1 unspecified atom stereocenters. The molecule has 0 aliphatic carbocycles. The molecule has 1 aromatic heterocycles. The van der Waals surface area contributed by atoms with Crippen molar-refractivity contribution in [3.05, 3.63) is 47.5 Å². The largest absolute Gasteiger partial charge is 0.487 e. The number of nitrogens with zero attached hydrogens (tertiary/aromatic N) is 2. The highest BCUT2D eigenvalue weighted by atomic mass is 19.1. The highest BCUT2D eigenvalue weighted by Gasteiger charge is 2.36. The van der Waals surface area contributed by atoms with Gasteiger partial charge in [0.05, 0.1) is 12.2 Å². The number of hydrogen-bond acceptors (Lipinski definition) is 3. The van der Waals surface area contributed by atoms with Gasteiger partial charge in [0, 0.05) is 37.3 Å². The van der Waals surface area contributed by atoms with Crippen LogP contribution in [0.4, 0.5) is 9.18 Å². The average Bonchev–Trinajstić information content (AvgIpc) is 3.15. The van der Waals surface area contributed by atoms with E-state index in [1.807, 2.05) is 31.1 Å². The van der Waals surface area contributed by atoms with Crippen LogP contribution < -0.4 is 10.1 Å². The Morgan fingerprint density at radius 3 is 2.85 bits per heavy atom. The maximum absolute atomic E-state index is 13.6. The Morgan fingerprint density at radius 1 is 1.37 bits per heavy atom. The molecular formula is C20H25FN4O2. The first-order valence-electron chi connectivity index (χ1n) is 9.44. The fourth-order valence-electron chi connectivity index (χ4n) is 4.09. The lowest BCUT2D eigenvalue weighted by Gasteiger charge is -2.39. The van der Waals surface area contributed by atoms with Gasteiger partial charge in [0.25, 0.3) is 0 Å².